The normalized spacial score (nSPS) is 11.8. The Morgan fingerprint density at radius 1 is 1.25 bits per heavy atom. The Morgan fingerprint density at radius 3 is 2.31 bits per heavy atom. The molecular weight excluding hydrogens is 214 g/mol. The molecule has 0 aliphatic carbocycles. The van der Waals surface area contributed by atoms with Crippen molar-refractivity contribution in [3.05, 3.63) is 0 Å². The zero-order valence-corrected chi connectivity index (χ0v) is 8.94. The summed E-state index contributed by atoms with van der Waals surface area (Å²) in [5.41, 5.74) is 10.1. The second-order valence-electron chi connectivity index (χ2n) is 3.36. The van der Waals surface area contributed by atoms with Crippen LogP contribution in [0.5, 0.6) is 0 Å². The Bertz CT molecular complexity index is 267. The molecule has 6 N–H and O–H groups in total. The molecule has 0 aromatic rings. The summed E-state index contributed by atoms with van der Waals surface area (Å²) in [6.07, 6.45) is 0.595. The van der Waals surface area contributed by atoms with Gasteiger partial charge in [0.25, 0.3) is 0 Å². The van der Waals surface area contributed by atoms with Gasteiger partial charge in [0.1, 0.15) is 6.04 Å². The molecule has 0 saturated heterocycles. The summed E-state index contributed by atoms with van der Waals surface area (Å²) >= 11 is 0. The van der Waals surface area contributed by atoms with E-state index in [1.54, 1.807) is 0 Å². The van der Waals surface area contributed by atoms with Gasteiger partial charge in [-0.2, -0.15) is 0 Å². The van der Waals surface area contributed by atoms with Crippen LogP contribution in [0.3, 0.4) is 0 Å². The van der Waals surface area contributed by atoms with Crippen molar-refractivity contribution in [3.63, 3.8) is 0 Å². The van der Waals surface area contributed by atoms with Gasteiger partial charge in [-0.05, 0) is 19.4 Å². The van der Waals surface area contributed by atoms with E-state index in [1.165, 1.54) is 0 Å². The van der Waals surface area contributed by atoms with Gasteiger partial charge in [-0.25, -0.2) is 4.79 Å². The minimum Gasteiger partial charge on any atom is -0.480 e. The highest BCUT2D eigenvalue weighted by molar-refractivity contribution is 5.84. The van der Waals surface area contributed by atoms with Crippen LogP contribution in [0.1, 0.15) is 25.7 Å². The summed E-state index contributed by atoms with van der Waals surface area (Å²) < 4.78 is 0. The van der Waals surface area contributed by atoms with E-state index in [-0.39, 0.29) is 25.2 Å². The number of nitrogens with one attached hydrogen (secondary N) is 1. The topological polar surface area (TPSA) is 136 Å². The highest BCUT2D eigenvalue weighted by Gasteiger charge is 2.19. The van der Waals surface area contributed by atoms with E-state index in [4.69, 9.17) is 16.6 Å². The van der Waals surface area contributed by atoms with E-state index in [0.717, 1.165) is 0 Å². The molecule has 0 heterocycles. The smallest absolute Gasteiger partial charge is 0.326 e. The summed E-state index contributed by atoms with van der Waals surface area (Å²) in [4.78, 5) is 32.4. The summed E-state index contributed by atoms with van der Waals surface area (Å²) in [5.74, 6) is -2.16. The molecule has 92 valence electrons. The minimum atomic E-state index is -1.18. The molecule has 1 atom stereocenters. The zero-order valence-electron chi connectivity index (χ0n) is 8.94. The summed E-state index contributed by atoms with van der Waals surface area (Å²) in [6, 6.07) is -1.07. The van der Waals surface area contributed by atoms with Gasteiger partial charge in [0.15, 0.2) is 0 Å². The molecule has 7 nitrogen and oxygen atoms in total. The largest absolute Gasteiger partial charge is 0.480 e. The van der Waals surface area contributed by atoms with Crippen LogP contribution in [-0.4, -0.2) is 35.5 Å². The second-order valence-corrected chi connectivity index (χ2v) is 3.36. The van der Waals surface area contributed by atoms with Crippen molar-refractivity contribution in [1.29, 1.82) is 0 Å². The lowest BCUT2D eigenvalue weighted by atomic mass is 10.1. The van der Waals surface area contributed by atoms with Crippen molar-refractivity contribution in [1.82, 2.24) is 5.32 Å². The van der Waals surface area contributed by atoms with Crippen molar-refractivity contribution in [2.24, 2.45) is 11.5 Å². The molecule has 0 aromatic carbocycles. The third kappa shape index (κ3) is 6.77. The van der Waals surface area contributed by atoms with Crippen LogP contribution in [0.25, 0.3) is 0 Å². The quantitative estimate of drug-likeness (QED) is 0.405. The first-order chi connectivity index (χ1) is 7.47. The monoisotopic (exact) mass is 231 g/mol. The lowest BCUT2D eigenvalue weighted by Crippen LogP contribution is -2.41. The number of hydrogen-bond donors (Lipinski definition) is 4. The van der Waals surface area contributed by atoms with Crippen LogP contribution < -0.4 is 16.8 Å². The van der Waals surface area contributed by atoms with Crippen molar-refractivity contribution in [2.45, 2.75) is 31.7 Å². The van der Waals surface area contributed by atoms with Gasteiger partial charge in [0, 0.05) is 12.8 Å². The number of aliphatic carboxylic acids is 1. The predicted octanol–water partition coefficient (Wildman–Crippen LogP) is -1.44. The Balaban J connectivity index is 4.07. The van der Waals surface area contributed by atoms with E-state index in [2.05, 4.69) is 5.32 Å². The maximum Gasteiger partial charge on any atom is 0.326 e. The third-order valence-corrected chi connectivity index (χ3v) is 1.92. The highest BCUT2D eigenvalue weighted by Crippen LogP contribution is 1.98. The average Bonchev–Trinajstić information content (AvgIpc) is 2.20. The molecule has 0 bridgehead atoms. The summed E-state index contributed by atoms with van der Waals surface area (Å²) in [7, 11) is 0. The fourth-order valence-electron chi connectivity index (χ4n) is 1.07. The van der Waals surface area contributed by atoms with Crippen molar-refractivity contribution in [3.8, 4) is 0 Å². The van der Waals surface area contributed by atoms with Gasteiger partial charge in [0.05, 0.1) is 0 Å². The van der Waals surface area contributed by atoms with Crippen LogP contribution in [0, 0.1) is 0 Å². The molecule has 0 rings (SSSR count). The second kappa shape index (κ2) is 7.63. The number of hydrogen-bond acceptors (Lipinski definition) is 4. The van der Waals surface area contributed by atoms with E-state index < -0.39 is 17.9 Å². The van der Waals surface area contributed by atoms with Crippen LogP contribution in [0.2, 0.25) is 0 Å². The molecule has 0 aromatic heterocycles. The van der Waals surface area contributed by atoms with Crippen molar-refractivity contribution >= 4 is 17.8 Å². The Hall–Kier alpha value is -1.63. The molecule has 7 heteroatoms. The number of carbonyl (C=O) groups excluding carboxylic acids is 2. The van der Waals surface area contributed by atoms with Gasteiger partial charge < -0.3 is 21.9 Å². The summed E-state index contributed by atoms with van der Waals surface area (Å²) in [5, 5.41) is 11.1. The molecule has 0 fully saturated rings. The number of carboxylic acids is 1. The highest BCUT2D eigenvalue weighted by atomic mass is 16.4. The Labute approximate surface area is 93.2 Å². The van der Waals surface area contributed by atoms with E-state index >= 15 is 0 Å². The fraction of sp³-hybridized carbons (Fsp3) is 0.667. The maximum atomic E-state index is 11.2. The lowest BCUT2D eigenvalue weighted by Gasteiger charge is -2.13. The Morgan fingerprint density at radius 2 is 1.88 bits per heavy atom. The maximum absolute atomic E-state index is 11.2. The Kier molecular flexibility index (Phi) is 6.86. The standard InChI is InChI=1S/C9H17N3O4/c10-5-1-2-8(14)12-6(9(15)16)3-4-7(11)13/h6H,1-5,10H2,(H2,11,13)(H,12,14)(H,15,16). The van der Waals surface area contributed by atoms with Gasteiger partial charge in [0.2, 0.25) is 11.8 Å². The van der Waals surface area contributed by atoms with Gasteiger partial charge in [-0.15, -0.1) is 0 Å². The van der Waals surface area contributed by atoms with Gasteiger partial charge in [-0.1, -0.05) is 0 Å². The zero-order chi connectivity index (χ0) is 12.6. The first-order valence-corrected chi connectivity index (χ1v) is 4.98. The molecule has 0 spiro atoms. The predicted molar refractivity (Wildman–Crippen MR) is 56.3 cm³/mol. The molecule has 0 aliphatic heterocycles. The number of amides is 2. The summed E-state index contributed by atoms with van der Waals surface area (Å²) in [6.45, 7) is 0.368. The van der Waals surface area contributed by atoms with Crippen LogP contribution in [0.4, 0.5) is 0 Å². The number of carbonyl (C=O) groups is 3. The van der Waals surface area contributed by atoms with Crippen LogP contribution in [-0.2, 0) is 14.4 Å². The average molecular weight is 231 g/mol. The number of carboxylic acid groups (broad SMARTS) is 1. The van der Waals surface area contributed by atoms with Gasteiger partial charge >= 0.3 is 5.97 Å². The molecule has 0 aliphatic rings. The van der Waals surface area contributed by atoms with E-state index in [9.17, 15) is 14.4 Å². The number of rotatable bonds is 8. The minimum absolute atomic E-state index is 0.000961. The molecule has 0 saturated carbocycles. The number of nitrogens with two attached hydrogens (primary N) is 2. The molecule has 1 unspecified atom stereocenters. The third-order valence-electron chi connectivity index (χ3n) is 1.92. The lowest BCUT2D eigenvalue weighted by molar-refractivity contribution is -0.142. The molecular formula is C9H17N3O4. The molecule has 16 heavy (non-hydrogen) atoms. The van der Waals surface area contributed by atoms with Crippen LogP contribution in [0.15, 0.2) is 0 Å². The number of primary amides is 1. The first kappa shape index (κ1) is 14.4. The van der Waals surface area contributed by atoms with E-state index in [0.29, 0.717) is 13.0 Å². The van der Waals surface area contributed by atoms with E-state index in [1.807, 2.05) is 0 Å². The van der Waals surface area contributed by atoms with Crippen molar-refractivity contribution in [2.75, 3.05) is 6.54 Å². The molecule has 2 amide bonds. The van der Waals surface area contributed by atoms with Crippen LogP contribution >= 0.6 is 0 Å². The van der Waals surface area contributed by atoms with Gasteiger partial charge in [-0.3, -0.25) is 9.59 Å². The first-order valence-electron chi connectivity index (χ1n) is 4.98. The fourth-order valence-corrected chi connectivity index (χ4v) is 1.07. The van der Waals surface area contributed by atoms with Crippen molar-refractivity contribution < 1.29 is 19.5 Å². The molecule has 0 radical (unpaired) electrons. The SMILES string of the molecule is NCCCC(=O)NC(CCC(N)=O)C(=O)O.